The Morgan fingerprint density at radius 2 is 1.58 bits per heavy atom. The molecule has 8 heteroatoms. The van der Waals surface area contributed by atoms with Gasteiger partial charge in [0.1, 0.15) is 23.4 Å². The summed E-state index contributed by atoms with van der Waals surface area (Å²) in [4.78, 5) is 0. The zero-order valence-corrected chi connectivity index (χ0v) is 12.2. The molecule has 0 aliphatic carbocycles. The van der Waals surface area contributed by atoms with E-state index in [0.29, 0.717) is 0 Å². The van der Waals surface area contributed by atoms with E-state index in [1.54, 1.807) is 0 Å². The van der Waals surface area contributed by atoms with Gasteiger partial charge in [-0.3, -0.25) is 0 Å². The summed E-state index contributed by atoms with van der Waals surface area (Å²) in [5, 5.41) is 19.3. The molecule has 1 heterocycles. The van der Waals surface area contributed by atoms with Gasteiger partial charge in [-0.2, -0.15) is 13.2 Å². The van der Waals surface area contributed by atoms with Gasteiger partial charge in [-0.15, -0.1) is 0 Å². The molecule has 2 aromatic rings. The lowest BCUT2D eigenvalue weighted by Crippen LogP contribution is -2.43. The van der Waals surface area contributed by atoms with Crippen molar-refractivity contribution in [3.05, 3.63) is 59.4 Å². The number of alkyl halides is 3. The molecule has 1 saturated heterocycles. The van der Waals surface area contributed by atoms with Gasteiger partial charge in [-0.05, 0) is 23.8 Å². The van der Waals surface area contributed by atoms with Crippen LogP contribution in [0.3, 0.4) is 0 Å². The minimum absolute atomic E-state index is 0.196. The molecule has 2 aromatic carbocycles. The van der Waals surface area contributed by atoms with Crippen molar-refractivity contribution in [3.8, 4) is 11.5 Å². The monoisotopic (exact) mass is 342 g/mol. The third-order valence-electron chi connectivity index (χ3n) is 4.07. The highest BCUT2D eigenvalue weighted by Gasteiger charge is 2.52. The molecule has 0 bridgehead atoms. The predicted molar refractivity (Wildman–Crippen MR) is 77.8 cm³/mol. The molecule has 1 fully saturated rings. The van der Waals surface area contributed by atoms with Crippen LogP contribution in [-0.4, -0.2) is 22.4 Å². The number of nitrogens with one attached hydrogen (secondary N) is 2. The standard InChI is InChI=1S/C16H14F4N2O2/c17-9-3-1-8(2-4-9)13-14(21-22-15(13)16(18,19)20)11-6-5-10(23)7-12(11)24/h1-7,13-15,21-24H. The first-order valence-electron chi connectivity index (χ1n) is 7.12. The van der Waals surface area contributed by atoms with Gasteiger partial charge in [-0.1, -0.05) is 18.2 Å². The summed E-state index contributed by atoms with van der Waals surface area (Å²) in [5.41, 5.74) is 5.22. The number of benzene rings is 2. The summed E-state index contributed by atoms with van der Waals surface area (Å²) in [7, 11) is 0. The highest BCUT2D eigenvalue weighted by atomic mass is 19.4. The third kappa shape index (κ3) is 3.02. The number of hydrogen-bond acceptors (Lipinski definition) is 4. The normalized spacial score (nSPS) is 24.2. The van der Waals surface area contributed by atoms with Gasteiger partial charge in [0.15, 0.2) is 0 Å². The van der Waals surface area contributed by atoms with Crippen LogP contribution in [0.2, 0.25) is 0 Å². The largest absolute Gasteiger partial charge is 0.508 e. The molecule has 4 nitrogen and oxygen atoms in total. The summed E-state index contributed by atoms with van der Waals surface area (Å²) in [5.74, 6) is -2.21. The average molecular weight is 342 g/mol. The number of rotatable bonds is 2. The topological polar surface area (TPSA) is 64.5 Å². The summed E-state index contributed by atoms with van der Waals surface area (Å²) >= 11 is 0. The van der Waals surface area contributed by atoms with E-state index >= 15 is 0 Å². The number of phenols is 2. The van der Waals surface area contributed by atoms with Crippen LogP contribution in [0, 0.1) is 5.82 Å². The molecule has 24 heavy (non-hydrogen) atoms. The van der Waals surface area contributed by atoms with Crippen LogP contribution in [0.1, 0.15) is 23.1 Å². The molecule has 0 radical (unpaired) electrons. The molecule has 0 amide bonds. The fraction of sp³-hybridized carbons (Fsp3) is 0.250. The minimum atomic E-state index is -4.55. The van der Waals surface area contributed by atoms with Crippen LogP contribution in [0.4, 0.5) is 17.6 Å². The second kappa shape index (κ2) is 5.95. The lowest BCUT2D eigenvalue weighted by molar-refractivity contribution is -0.156. The zero-order chi connectivity index (χ0) is 17.5. The van der Waals surface area contributed by atoms with E-state index in [2.05, 4.69) is 10.9 Å². The zero-order valence-electron chi connectivity index (χ0n) is 12.2. The first-order chi connectivity index (χ1) is 11.3. The van der Waals surface area contributed by atoms with E-state index < -0.39 is 30.0 Å². The van der Waals surface area contributed by atoms with E-state index in [-0.39, 0.29) is 22.6 Å². The predicted octanol–water partition coefficient (Wildman–Crippen LogP) is 3.10. The molecule has 0 saturated carbocycles. The second-order valence-corrected chi connectivity index (χ2v) is 5.61. The van der Waals surface area contributed by atoms with Gasteiger partial charge in [-0.25, -0.2) is 15.2 Å². The molecule has 4 N–H and O–H groups in total. The van der Waals surface area contributed by atoms with Crippen molar-refractivity contribution in [2.24, 2.45) is 0 Å². The van der Waals surface area contributed by atoms with Gasteiger partial charge < -0.3 is 10.2 Å². The quantitative estimate of drug-likeness (QED) is 0.634. The molecule has 3 rings (SSSR count). The fourth-order valence-corrected chi connectivity index (χ4v) is 2.97. The second-order valence-electron chi connectivity index (χ2n) is 5.61. The summed E-state index contributed by atoms with van der Waals surface area (Å²) in [6.45, 7) is 0. The molecule has 0 aromatic heterocycles. The Labute approximate surface area is 134 Å². The van der Waals surface area contributed by atoms with Crippen LogP contribution in [0.15, 0.2) is 42.5 Å². The van der Waals surface area contributed by atoms with Crippen molar-refractivity contribution in [2.75, 3.05) is 0 Å². The molecular weight excluding hydrogens is 328 g/mol. The first kappa shape index (κ1) is 16.5. The van der Waals surface area contributed by atoms with Crippen molar-refractivity contribution in [1.29, 1.82) is 0 Å². The van der Waals surface area contributed by atoms with Gasteiger partial charge in [0.2, 0.25) is 0 Å². The Hall–Kier alpha value is -2.32. The van der Waals surface area contributed by atoms with E-state index in [9.17, 15) is 27.8 Å². The lowest BCUT2D eigenvalue weighted by Gasteiger charge is -2.25. The van der Waals surface area contributed by atoms with Crippen molar-refractivity contribution in [2.45, 2.75) is 24.2 Å². The van der Waals surface area contributed by atoms with Gasteiger partial charge in [0, 0.05) is 17.5 Å². The van der Waals surface area contributed by atoms with E-state index in [4.69, 9.17) is 0 Å². The molecule has 1 aliphatic rings. The van der Waals surface area contributed by atoms with Gasteiger partial charge >= 0.3 is 6.18 Å². The van der Waals surface area contributed by atoms with Crippen molar-refractivity contribution in [3.63, 3.8) is 0 Å². The molecule has 0 spiro atoms. The lowest BCUT2D eigenvalue weighted by atomic mass is 9.83. The molecule has 3 unspecified atom stereocenters. The number of halogens is 4. The third-order valence-corrected chi connectivity index (χ3v) is 4.07. The van der Waals surface area contributed by atoms with Crippen LogP contribution < -0.4 is 10.9 Å². The number of aromatic hydroxyl groups is 2. The number of hydrazine groups is 1. The molecule has 3 atom stereocenters. The molecule has 1 aliphatic heterocycles. The van der Waals surface area contributed by atoms with E-state index in [0.717, 1.165) is 18.2 Å². The maximum Gasteiger partial charge on any atom is 0.405 e. The first-order valence-corrected chi connectivity index (χ1v) is 7.12. The summed E-state index contributed by atoms with van der Waals surface area (Å²) in [6.07, 6.45) is -4.55. The Bertz CT molecular complexity index is 734. The minimum Gasteiger partial charge on any atom is -0.508 e. The smallest absolute Gasteiger partial charge is 0.405 e. The van der Waals surface area contributed by atoms with Crippen molar-refractivity contribution in [1.82, 2.24) is 10.9 Å². The highest BCUT2D eigenvalue weighted by Crippen LogP contribution is 2.45. The van der Waals surface area contributed by atoms with E-state index in [1.807, 2.05) is 0 Å². The molecule has 128 valence electrons. The van der Waals surface area contributed by atoms with Gasteiger partial charge in [0.05, 0.1) is 6.04 Å². The Kier molecular flexibility index (Phi) is 4.10. The Morgan fingerprint density at radius 1 is 0.917 bits per heavy atom. The number of phenolic OH excluding ortho intramolecular Hbond substituents is 2. The van der Waals surface area contributed by atoms with Crippen LogP contribution in [-0.2, 0) is 0 Å². The maximum absolute atomic E-state index is 13.4. The van der Waals surface area contributed by atoms with Crippen molar-refractivity contribution < 1.29 is 27.8 Å². The number of hydrogen-bond donors (Lipinski definition) is 4. The van der Waals surface area contributed by atoms with Crippen LogP contribution in [0.25, 0.3) is 0 Å². The summed E-state index contributed by atoms with van der Waals surface area (Å²) in [6, 6.07) is 5.61. The molecular formula is C16H14F4N2O2. The Balaban J connectivity index is 2.06. The van der Waals surface area contributed by atoms with Crippen molar-refractivity contribution >= 4 is 0 Å². The maximum atomic E-state index is 13.4. The highest BCUT2D eigenvalue weighted by molar-refractivity contribution is 5.43. The van der Waals surface area contributed by atoms with Gasteiger partial charge in [0.25, 0.3) is 0 Å². The Morgan fingerprint density at radius 3 is 2.17 bits per heavy atom. The van der Waals surface area contributed by atoms with E-state index in [1.165, 1.54) is 24.3 Å². The average Bonchev–Trinajstić information content (AvgIpc) is 2.93. The fourth-order valence-electron chi connectivity index (χ4n) is 2.97. The summed E-state index contributed by atoms with van der Waals surface area (Å²) < 4.78 is 53.2. The van der Waals surface area contributed by atoms with Crippen LogP contribution in [0.5, 0.6) is 11.5 Å². The van der Waals surface area contributed by atoms with Crippen LogP contribution >= 0.6 is 0 Å². The SMILES string of the molecule is Oc1ccc(C2NNC(C(F)(F)F)C2c2ccc(F)cc2)c(O)c1.